The number of aromatic nitrogens is 2. The van der Waals surface area contributed by atoms with E-state index in [9.17, 15) is 4.79 Å². The van der Waals surface area contributed by atoms with Crippen molar-refractivity contribution in [3.05, 3.63) is 58.2 Å². The molecule has 0 amide bonds. The van der Waals surface area contributed by atoms with Gasteiger partial charge < -0.3 is 15.4 Å². The van der Waals surface area contributed by atoms with Gasteiger partial charge in [-0.05, 0) is 45.5 Å². The fourth-order valence-electron chi connectivity index (χ4n) is 3.20. The minimum Gasteiger partial charge on any atom is -0.462 e. The van der Waals surface area contributed by atoms with Crippen molar-refractivity contribution in [2.75, 3.05) is 11.9 Å². The second-order valence-corrected chi connectivity index (χ2v) is 8.36. The number of benzene rings is 1. The summed E-state index contributed by atoms with van der Waals surface area (Å²) >= 11 is 6.99. The summed E-state index contributed by atoms with van der Waals surface area (Å²) in [6.45, 7) is 9.52. The van der Waals surface area contributed by atoms with Gasteiger partial charge in [-0.1, -0.05) is 30.3 Å². The maximum atomic E-state index is 12.8. The van der Waals surface area contributed by atoms with Crippen LogP contribution >= 0.6 is 23.6 Å². The summed E-state index contributed by atoms with van der Waals surface area (Å²) in [6.07, 6.45) is 2.01. The molecule has 0 saturated heterocycles. The van der Waals surface area contributed by atoms with Crippen LogP contribution in [0.1, 0.15) is 40.3 Å². The van der Waals surface area contributed by atoms with Crippen LogP contribution in [0.3, 0.4) is 0 Å². The third kappa shape index (κ3) is 4.88. The van der Waals surface area contributed by atoms with E-state index < -0.39 is 0 Å². The molecule has 8 heteroatoms. The van der Waals surface area contributed by atoms with E-state index in [2.05, 4.69) is 22.7 Å². The van der Waals surface area contributed by atoms with Crippen LogP contribution in [0.5, 0.6) is 0 Å². The topological polar surface area (TPSA) is 68.2 Å². The molecule has 6 nitrogen and oxygen atoms in total. The molecular formula is C22H26N4O2S2. The molecule has 158 valence electrons. The molecule has 0 aliphatic rings. The van der Waals surface area contributed by atoms with Crippen LogP contribution in [0.25, 0.3) is 11.1 Å². The van der Waals surface area contributed by atoms with Gasteiger partial charge in [-0.15, -0.1) is 11.3 Å². The van der Waals surface area contributed by atoms with Crippen molar-refractivity contribution in [3.8, 4) is 11.1 Å². The van der Waals surface area contributed by atoms with Crippen LogP contribution in [-0.4, -0.2) is 27.5 Å². The van der Waals surface area contributed by atoms with Crippen LogP contribution in [0, 0.1) is 13.8 Å². The quantitative estimate of drug-likeness (QED) is 0.400. The fourth-order valence-corrected chi connectivity index (χ4v) is 4.51. The molecule has 2 heterocycles. The fraction of sp³-hybridized carbons (Fsp3) is 0.318. The highest BCUT2D eigenvalue weighted by molar-refractivity contribution is 7.80. The van der Waals surface area contributed by atoms with Crippen LogP contribution in [0.15, 0.2) is 36.5 Å². The van der Waals surface area contributed by atoms with E-state index >= 15 is 0 Å². The predicted octanol–water partition coefficient (Wildman–Crippen LogP) is 4.91. The van der Waals surface area contributed by atoms with E-state index in [4.69, 9.17) is 17.0 Å². The minimum atomic E-state index is -0.355. The Labute approximate surface area is 186 Å². The lowest BCUT2D eigenvalue weighted by Crippen LogP contribution is -2.28. The first-order valence-electron chi connectivity index (χ1n) is 9.88. The van der Waals surface area contributed by atoms with Gasteiger partial charge in [0.05, 0.1) is 12.3 Å². The average molecular weight is 443 g/mol. The molecule has 3 aromatic rings. The summed E-state index contributed by atoms with van der Waals surface area (Å²) in [5.74, 6) is -0.355. The minimum absolute atomic E-state index is 0.310. The second kappa shape index (κ2) is 9.86. The number of aryl methyl sites for hydroxylation is 3. The van der Waals surface area contributed by atoms with Crippen LogP contribution < -0.4 is 10.6 Å². The summed E-state index contributed by atoms with van der Waals surface area (Å²) in [4.78, 5) is 13.8. The number of anilines is 1. The van der Waals surface area contributed by atoms with Gasteiger partial charge in [0.15, 0.2) is 5.11 Å². The first kappa shape index (κ1) is 22.0. The van der Waals surface area contributed by atoms with Gasteiger partial charge in [-0.3, -0.25) is 4.68 Å². The Kier molecular flexibility index (Phi) is 7.23. The maximum absolute atomic E-state index is 12.8. The lowest BCUT2D eigenvalue weighted by molar-refractivity contribution is 0.0529. The van der Waals surface area contributed by atoms with Crippen LogP contribution in [-0.2, 0) is 17.8 Å². The summed E-state index contributed by atoms with van der Waals surface area (Å²) < 4.78 is 7.24. The number of carbonyl (C=O) groups excluding carboxylic acids is 1. The Bertz CT molecular complexity index is 1040. The molecule has 0 fully saturated rings. The van der Waals surface area contributed by atoms with E-state index in [-0.39, 0.29) is 5.97 Å². The summed E-state index contributed by atoms with van der Waals surface area (Å²) in [7, 11) is 0. The number of hydrogen-bond acceptors (Lipinski definition) is 5. The zero-order valence-electron chi connectivity index (χ0n) is 17.6. The first-order chi connectivity index (χ1) is 14.4. The highest BCUT2D eigenvalue weighted by atomic mass is 32.1. The number of ether oxygens (including phenoxy) is 1. The van der Waals surface area contributed by atoms with E-state index in [1.54, 1.807) is 6.92 Å². The van der Waals surface area contributed by atoms with Crippen LogP contribution in [0.4, 0.5) is 5.00 Å². The van der Waals surface area contributed by atoms with Crippen molar-refractivity contribution in [2.24, 2.45) is 0 Å². The first-order valence-corrected chi connectivity index (χ1v) is 11.1. The number of esters is 1. The number of thiocarbonyl (C=S) groups is 1. The van der Waals surface area contributed by atoms with E-state index in [0.29, 0.717) is 28.8 Å². The number of rotatable bonds is 7. The van der Waals surface area contributed by atoms with E-state index in [0.717, 1.165) is 33.8 Å². The Morgan fingerprint density at radius 1 is 1.23 bits per heavy atom. The Balaban J connectivity index is 1.83. The van der Waals surface area contributed by atoms with E-state index in [1.165, 1.54) is 11.3 Å². The zero-order valence-corrected chi connectivity index (χ0v) is 19.2. The van der Waals surface area contributed by atoms with Crippen molar-refractivity contribution in [1.29, 1.82) is 0 Å². The summed E-state index contributed by atoms with van der Waals surface area (Å²) in [5.41, 5.74) is 4.43. The molecule has 0 spiro atoms. The van der Waals surface area contributed by atoms with Gasteiger partial charge in [-0.25, -0.2) is 4.79 Å². The Morgan fingerprint density at radius 2 is 1.97 bits per heavy atom. The Morgan fingerprint density at radius 3 is 2.60 bits per heavy atom. The van der Waals surface area contributed by atoms with Crippen molar-refractivity contribution in [2.45, 2.75) is 40.8 Å². The molecule has 3 rings (SSSR count). The van der Waals surface area contributed by atoms with Crippen molar-refractivity contribution >= 4 is 39.6 Å². The molecule has 0 aliphatic carbocycles. The van der Waals surface area contributed by atoms with Crippen LogP contribution in [0.2, 0.25) is 0 Å². The maximum Gasteiger partial charge on any atom is 0.341 e. The zero-order chi connectivity index (χ0) is 21.7. The van der Waals surface area contributed by atoms with Gasteiger partial charge >= 0.3 is 5.97 Å². The molecule has 0 unspecified atom stereocenters. The number of thiophene rings is 1. The monoisotopic (exact) mass is 442 g/mol. The van der Waals surface area contributed by atoms with Gasteiger partial charge in [0.1, 0.15) is 10.6 Å². The predicted molar refractivity (Wildman–Crippen MR) is 126 cm³/mol. The molecule has 0 saturated carbocycles. The van der Waals surface area contributed by atoms with Gasteiger partial charge in [0, 0.05) is 35.3 Å². The lowest BCUT2D eigenvalue weighted by atomic mass is 10.0. The molecule has 1 aromatic carbocycles. The largest absolute Gasteiger partial charge is 0.462 e. The molecular weight excluding hydrogens is 416 g/mol. The highest BCUT2D eigenvalue weighted by Crippen LogP contribution is 2.40. The molecule has 30 heavy (non-hydrogen) atoms. The lowest BCUT2D eigenvalue weighted by Gasteiger charge is -2.11. The van der Waals surface area contributed by atoms with Crippen molar-refractivity contribution in [1.82, 2.24) is 15.1 Å². The van der Waals surface area contributed by atoms with Crippen molar-refractivity contribution < 1.29 is 9.53 Å². The summed E-state index contributed by atoms with van der Waals surface area (Å²) in [5, 5.41) is 12.0. The average Bonchev–Trinajstić information content (AvgIpc) is 3.26. The standard InChI is InChI=1S/C22H26N4O2S2/c1-5-26-13-17(14(3)25-26)12-23-22(29)24-20-19(21(27)28-6-2)18(15(4)30-20)16-10-8-7-9-11-16/h7-11,13H,5-6,12H2,1-4H3,(H2,23,24,29). The van der Waals surface area contributed by atoms with Gasteiger partial charge in [0.25, 0.3) is 0 Å². The summed E-state index contributed by atoms with van der Waals surface area (Å²) in [6, 6.07) is 9.85. The molecule has 0 radical (unpaired) electrons. The van der Waals surface area contributed by atoms with Gasteiger partial charge in [-0.2, -0.15) is 5.10 Å². The second-order valence-electron chi connectivity index (χ2n) is 6.73. The number of carbonyl (C=O) groups is 1. The number of nitrogens with zero attached hydrogens (tertiary/aromatic N) is 2. The van der Waals surface area contributed by atoms with E-state index in [1.807, 2.05) is 55.1 Å². The highest BCUT2D eigenvalue weighted by Gasteiger charge is 2.24. The molecule has 0 atom stereocenters. The van der Waals surface area contributed by atoms with Crippen molar-refractivity contribution in [3.63, 3.8) is 0 Å². The normalized spacial score (nSPS) is 10.7. The number of hydrogen-bond donors (Lipinski definition) is 2. The third-order valence-corrected chi connectivity index (χ3v) is 5.93. The molecule has 0 bridgehead atoms. The SMILES string of the molecule is CCOC(=O)c1c(NC(=S)NCc2cn(CC)nc2C)sc(C)c1-c1ccccc1. The molecule has 0 aliphatic heterocycles. The molecule has 2 aromatic heterocycles. The van der Waals surface area contributed by atoms with Gasteiger partial charge in [0.2, 0.25) is 0 Å². The smallest absolute Gasteiger partial charge is 0.341 e. The molecule has 2 N–H and O–H groups in total. The number of nitrogens with one attached hydrogen (secondary N) is 2. The third-order valence-electron chi connectivity index (χ3n) is 4.66. The Hall–Kier alpha value is -2.71.